The van der Waals surface area contributed by atoms with Gasteiger partial charge in [0.25, 0.3) is 0 Å². The number of hydrogen-bond donors (Lipinski definition) is 0. The molecule has 0 fully saturated rings. The lowest BCUT2D eigenvalue weighted by atomic mass is 9.87. The molecule has 3 nitrogen and oxygen atoms in total. The highest BCUT2D eigenvalue weighted by Gasteiger charge is 2.14. The molecule has 0 aromatic heterocycles. The van der Waals surface area contributed by atoms with Gasteiger partial charge in [-0.1, -0.05) is 65.0 Å². The minimum Gasteiger partial charge on any atom is -0.490 e. The Labute approximate surface area is 186 Å². The van der Waals surface area contributed by atoms with E-state index in [4.69, 9.17) is 9.47 Å². The maximum atomic E-state index is 11.6. The molecule has 0 amide bonds. The minimum absolute atomic E-state index is 0.0799. The third-order valence-corrected chi connectivity index (χ3v) is 5.49. The average molecular weight is 417 g/mol. The maximum Gasteiger partial charge on any atom is 0.153 e. The van der Waals surface area contributed by atoms with Crippen LogP contribution in [0, 0.1) is 0 Å². The van der Waals surface area contributed by atoms with Crippen molar-refractivity contribution in [2.45, 2.75) is 59.0 Å². The van der Waals surface area contributed by atoms with Crippen LogP contribution in [0.1, 0.15) is 63.4 Å². The van der Waals surface area contributed by atoms with Crippen molar-refractivity contribution < 1.29 is 14.3 Å². The molecule has 0 radical (unpaired) electrons. The van der Waals surface area contributed by atoms with Crippen LogP contribution in [0.5, 0.6) is 17.2 Å². The summed E-state index contributed by atoms with van der Waals surface area (Å²) >= 11 is 0. The molecule has 0 aliphatic heterocycles. The molecule has 3 heteroatoms. The van der Waals surface area contributed by atoms with Gasteiger partial charge in [-0.3, -0.25) is 4.79 Å². The molecule has 0 bridgehead atoms. The highest BCUT2D eigenvalue weighted by molar-refractivity contribution is 5.82. The molecule has 0 atom stereocenters. The normalized spacial score (nSPS) is 11.4. The topological polar surface area (TPSA) is 35.5 Å². The van der Waals surface area contributed by atoms with Crippen molar-refractivity contribution in [1.29, 1.82) is 0 Å². The van der Waals surface area contributed by atoms with E-state index < -0.39 is 0 Å². The summed E-state index contributed by atoms with van der Waals surface area (Å²) in [6, 6.07) is 21.8. The second-order valence-corrected chi connectivity index (χ2v) is 8.83. The fourth-order valence-corrected chi connectivity index (χ4v) is 3.42. The summed E-state index contributed by atoms with van der Waals surface area (Å²) in [7, 11) is 0. The highest BCUT2D eigenvalue weighted by Crippen LogP contribution is 2.32. The summed E-state index contributed by atoms with van der Waals surface area (Å²) in [4.78, 5) is 11.6. The van der Waals surface area contributed by atoms with E-state index in [0.717, 1.165) is 36.0 Å². The van der Waals surface area contributed by atoms with Gasteiger partial charge in [-0.25, -0.2) is 0 Å². The Morgan fingerprint density at radius 1 is 0.806 bits per heavy atom. The van der Waals surface area contributed by atoms with Crippen LogP contribution in [0.25, 0.3) is 11.1 Å². The van der Waals surface area contributed by atoms with Crippen molar-refractivity contribution in [2.75, 3.05) is 0 Å². The van der Waals surface area contributed by atoms with E-state index in [-0.39, 0.29) is 11.5 Å². The van der Waals surface area contributed by atoms with Gasteiger partial charge in [0.1, 0.15) is 17.2 Å². The lowest BCUT2D eigenvalue weighted by molar-refractivity contribution is 0.112. The summed E-state index contributed by atoms with van der Waals surface area (Å²) in [5.74, 6) is 2.13. The van der Waals surface area contributed by atoms with Gasteiger partial charge in [0.05, 0.1) is 11.7 Å². The van der Waals surface area contributed by atoms with Crippen molar-refractivity contribution in [1.82, 2.24) is 0 Å². The number of ether oxygens (including phenoxy) is 2. The van der Waals surface area contributed by atoms with Crippen LogP contribution in [0.3, 0.4) is 0 Å². The van der Waals surface area contributed by atoms with Gasteiger partial charge in [0.2, 0.25) is 0 Å². The zero-order valence-corrected chi connectivity index (χ0v) is 19.1. The number of carbonyl (C=O) groups excluding carboxylic acids is 1. The summed E-state index contributed by atoms with van der Waals surface area (Å²) in [6.45, 7) is 10.8. The number of carbonyl (C=O) groups is 1. The van der Waals surface area contributed by atoms with E-state index in [1.807, 2.05) is 48.5 Å². The van der Waals surface area contributed by atoms with Crippen LogP contribution in [0.4, 0.5) is 0 Å². The van der Waals surface area contributed by atoms with Gasteiger partial charge in [-0.2, -0.15) is 0 Å². The maximum absolute atomic E-state index is 11.6. The lowest BCUT2D eigenvalue weighted by Crippen LogP contribution is -2.13. The molecule has 0 aliphatic carbocycles. The highest BCUT2D eigenvalue weighted by atomic mass is 16.5. The Morgan fingerprint density at radius 3 is 1.94 bits per heavy atom. The van der Waals surface area contributed by atoms with Gasteiger partial charge in [-0.05, 0) is 71.3 Å². The Hall–Kier alpha value is -3.07. The van der Waals surface area contributed by atoms with E-state index in [1.54, 1.807) is 6.07 Å². The molecule has 3 aromatic rings. The molecule has 0 spiro atoms. The molecule has 3 aromatic carbocycles. The second-order valence-electron chi connectivity index (χ2n) is 8.83. The summed E-state index contributed by atoms with van der Waals surface area (Å²) in [5, 5.41) is 0. The van der Waals surface area contributed by atoms with Crippen LogP contribution < -0.4 is 9.47 Å². The van der Waals surface area contributed by atoms with E-state index in [2.05, 4.69) is 46.8 Å². The van der Waals surface area contributed by atoms with Gasteiger partial charge >= 0.3 is 0 Å². The second kappa shape index (κ2) is 9.82. The molecule has 0 aliphatic rings. The molecule has 0 saturated carbocycles. The Morgan fingerprint density at radius 2 is 1.39 bits per heavy atom. The standard InChI is InChI=1S/C28H32O3/c1-6-24(7-2)30-25-14-10-20(11-15-25)21-8-9-22(19-29)27(18-21)31-26-16-12-23(13-17-26)28(3,4)5/h8-19,24H,6-7H2,1-5H3. The van der Waals surface area contributed by atoms with Crippen LogP contribution in [-0.2, 0) is 5.41 Å². The molecule has 0 N–H and O–H groups in total. The van der Waals surface area contributed by atoms with E-state index in [0.29, 0.717) is 17.1 Å². The molecule has 162 valence electrons. The Bertz CT molecular complexity index is 992. The first-order valence-corrected chi connectivity index (χ1v) is 11.0. The first kappa shape index (κ1) is 22.6. The van der Waals surface area contributed by atoms with Crippen LogP contribution in [-0.4, -0.2) is 12.4 Å². The Kier molecular flexibility index (Phi) is 7.17. The average Bonchev–Trinajstić information content (AvgIpc) is 2.77. The molecule has 3 rings (SSSR count). The molecule has 0 saturated heterocycles. The summed E-state index contributed by atoms with van der Waals surface area (Å²) < 4.78 is 12.1. The van der Waals surface area contributed by atoms with Crippen molar-refractivity contribution in [3.8, 4) is 28.4 Å². The molecule has 31 heavy (non-hydrogen) atoms. The minimum atomic E-state index is 0.0799. The molecule has 0 heterocycles. The van der Waals surface area contributed by atoms with Crippen LogP contribution in [0.2, 0.25) is 0 Å². The number of aldehydes is 1. The zero-order chi connectivity index (χ0) is 22.4. The lowest BCUT2D eigenvalue weighted by Gasteiger charge is -2.19. The smallest absolute Gasteiger partial charge is 0.153 e. The predicted octanol–water partition coefficient (Wildman–Crippen LogP) is 7.82. The van der Waals surface area contributed by atoms with Crippen molar-refractivity contribution in [2.24, 2.45) is 0 Å². The number of rotatable bonds is 8. The predicted molar refractivity (Wildman–Crippen MR) is 127 cm³/mol. The monoisotopic (exact) mass is 416 g/mol. The van der Waals surface area contributed by atoms with Crippen molar-refractivity contribution >= 4 is 6.29 Å². The van der Waals surface area contributed by atoms with Gasteiger partial charge < -0.3 is 9.47 Å². The van der Waals surface area contributed by atoms with E-state index >= 15 is 0 Å². The fraction of sp³-hybridized carbons (Fsp3) is 0.321. The quantitative estimate of drug-likeness (QED) is 0.351. The van der Waals surface area contributed by atoms with Crippen LogP contribution in [0.15, 0.2) is 66.7 Å². The van der Waals surface area contributed by atoms with Crippen molar-refractivity contribution in [3.63, 3.8) is 0 Å². The third kappa shape index (κ3) is 5.75. The van der Waals surface area contributed by atoms with E-state index in [9.17, 15) is 4.79 Å². The zero-order valence-electron chi connectivity index (χ0n) is 19.1. The van der Waals surface area contributed by atoms with Gasteiger partial charge in [0.15, 0.2) is 6.29 Å². The van der Waals surface area contributed by atoms with Crippen molar-refractivity contribution in [3.05, 3.63) is 77.9 Å². The Balaban J connectivity index is 1.83. The molecular weight excluding hydrogens is 384 g/mol. The SMILES string of the molecule is CCC(CC)Oc1ccc(-c2ccc(C=O)c(Oc3ccc(C(C)(C)C)cc3)c2)cc1. The third-order valence-electron chi connectivity index (χ3n) is 5.49. The van der Waals surface area contributed by atoms with Crippen LogP contribution >= 0.6 is 0 Å². The number of benzene rings is 3. The van der Waals surface area contributed by atoms with Gasteiger partial charge in [0, 0.05) is 0 Å². The largest absolute Gasteiger partial charge is 0.490 e. The summed E-state index contributed by atoms with van der Waals surface area (Å²) in [5.41, 5.74) is 3.87. The first-order valence-electron chi connectivity index (χ1n) is 11.0. The van der Waals surface area contributed by atoms with Gasteiger partial charge in [-0.15, -0.1) is 0 Å². The van der Waals surface area contributed by atoms with E-state index in [1.165, 1.54) is 5.56 Å². The summed E-state index contributed by atoms with van der Waals surface area (Å²) in [6.07, 6.45) is 3.04. The first-order chi connectivity index (χ1) is 14.8. The fourth-order valence-electron chi connectivity index (χ4n) is 3.42. The molecule has 0 unspecified atom stereocenters. The number of hydrogen-bond acceptors (Lipinski definition) is 3. The molecular formula is C28H32O3.